The molecule has 57 heavy (non-hydrogen) atoms. The number of imide groups is 1. The van der Waals surface area contributed by atoms with Crippen molar-refractivity contribution in [1.29, 1.82) is 5.26 Å². The number of anilines is 2. The maximum absolute atomic E-state index is 13.2. The van der Waals surface area contributed by atoms with Gasteiger partial charge >= 0.3 is 0 Å². The molecule has 1 aromatic heterocycles. The van der Waals surface area contributed by atoms with Crippen LogP contribution in [0.4, 0.5) is 11.4 Å². The molecule has 3 aromatic carbocycles. The molecule has 0 bridgehead atoms. The van der Waals surface area contributed by atoms with E-state index in [4.69, 9.17) is 21.6 Å². The second-order valence-electron chi connectivity index (χ2n) is 15.7. The van der Waals surface area contributed by atoms with Gasteiger partial charge in [0.05, 0.1) is 28.3 Å². The molecule has 2 N–H and O–H groups in total. The number of piperazine rings is 1. The number of nitrogens with zero attached hydrogens (tertiary/aromatic N) is 6. The number of hydrogen-bond acceptors (Lipinski definition) is 10. The van der Waals surface area contributed by atoms with Crippen LogP contribution >= 0.6 is 11.6 Å². The summed E-state index contributed by atoms with van der Waals surface area (Å²) < 4.78 is 7.31. The number of piperidine rings is 2. The minimum Gasteiger partial charge on any atom is -0.490 e. The first-order valence-electron chi connectivity index (χ1n) is 20.1. The summed E-state index contributed by atoms with van der Waals surface area (Å²) in [6.45, 7) is 6.81. The first-order valence-corrected chi connectivity index (χ1v) is 20.4. The lowest BCUT2D eigenvalue weighted by molar-refractivity contribution is -0.136. The molecule has 3 aliphatic heterocycles. The maximum Gasteiger partial charge on any atom is 0.275 e. The Bertz CT molecular complexity index is 2230. The van der Waals surface area contributed by atoms with Crippen LogP contribution in [0.5, 0.6) is 5.75 Å². The summed E-state index contributed by atoms with van der Waals surface area (Å²) in [4.78, 5) is 57.6. The van der Waals surface area contributed by atoms with Crippen molar-refractivity contribution >= 4 is 51.5 Å². The molecule has 296 valence electrons. The van der Waals surface area contributed by atoms with Crippen molar-refractivity contribution in [1.82, 2.24) is 25.3 Å². The van der Waals surface area contributed by atoms with E-state index in [0.29, 0.717) is 33.2 Å². The number of rotatable bonds is 9. The van der Waals surface area contributed by atoms with Crippen LogP contribution in [-0.4, -0.2) is 90.4 Å². The molecule has 0 radical (unpaired) electrons. The monoisotopic (exact) mass is 790 g/mol. The zero-order valence-corrected chi connectivity index (χ0v) is 32.6. The van der Waals surface area contributed by atoms with Crippen LogP contribution in [0, 0.1) is 17.2 Å². The molecule has 1 aliphatic carbocycles. The molecule has 4 heterocycles. The van der Waals surface area contributed by atoms with Crippen molar-refractivity contribution in [2.45, 2.75) is 69.6 Å². The molecule has 4 aliphatic rings. The van der Waals surface area contributed by atoms with Crippen LogP contribution in [0.15, 0.2) is 71.7 Å². The predicted octanol–water partition coefficient (Wildman–Crippen LogP) is 5.06. The van der Waals surface area contributed by atoms with Crippen LogP contribution in [0.25, 0.3) is 10.8 Å². The molecule has 4 fully saturated rings. The number of hydrogen-bond donors (Lipinski definition) is 2. The summed E-state index contributed by atoms with van der Waals surface area (Å²) >= 11 is 6.16. The van der Waals surface area contributed by atoms with Gasteiger partial charge in [-0.15, -0.1) is 0 Å². The Morgan fingerprint density at radius 3 is 2.28 bits per heavy atom. The smallest absolute Gasteiger partial charge is 0.275 e. The molecule has 8 rings (SSSR count). The van der Waals surface area contributed by atoms with E-state index < -0.39 is 11.9 Å². The third kappa shape index (κ3) is 8.77. The SMILES string of the molecule is N#Cc1ccc(O[C@H]2CC[C@H](NC(=O)c3ccc(N4CCC(CN5CCN(c6ccc7c(=O)n([C@H]8CCC(=O)NC8=O)ncc7c6)CC5)CC4)cc3)CC2)cc1Cl. The van der Waals surface area contributed by atoms with Crippen molar-refractivity contribution < 1.29 is 19.1 Å². The standard InChI is InChI=1S/C43H47ClN8O5/c44-38-24-36(9-3-30(38)25-45)57-35-10-4-32(5-11-35)47-41(54)29-1-6-33(7-2-29)50-17-15-28(16-18-50)27-49-19-21-51(22-20-49)34-8-12-37-31(23-34)26-46-52(43(37)56)39-13-14-40(53)48-42(39)55/h1-3,6-9,12,23-24,26,28,32,35,39H,4-5,10-11,13-22,27H2,(H,47,54)(H,48,53,55)/t32-,35-,39-/m0/s1. The molecule has 1 saturated carbocycles. The molecular weight excluding hydrogens is 744 g/mol. The summed E-state index contributed by atoms with van der Waals surface area (Å²) in [6.07, 6.45) is 7.75. The molecule has 14 heteroatoms. The Hall–Kier alpha value is -5.45. The summed E-state index contributed by atoms with van der Waals surface area (Å²) in [5.74, 6) is 0.448. The van der Waals surface area contributed by atoms with Gasteiger partial charge in [0.2, 0.25) is 5.91 Å². The average molecular weight is 791 g/mol. The number of benzene rings is 3. The van der Waals surface area contributed by atoms with Crippen molar-refractivity contribution in [3.63, 3.8) is 0 Å². The van der Waals surface area contributed by atoms with Gasteiger partial charge in [0.25, 0.3) is 17.4 Å². The fourth-order valence-electron chi connectivity index (χ4n) is 8.68. The lowest BCUT2D eigenvalue weighted by Gasteiger charge is -2.40. The van der Waals surface area contributed by atoms with Gasteiger partial charge in [0.1, 0.15) is 17.9 Å². The van der Waals surface area contributed by atoms with E-state index in [2.05, 4.69) is 48.6 Å². The molecule has 3 amide bonds. The van der Waals surface area contributed by atoms with Gasteiger partial charge < -0.3 is 19.9 Å². The number of aromatic nitrogens is 2. The number of carbonyl (C=O) groups excluding carboxylic acids is 3. The number of halogens is 1. The van der Waals surface area contributed by atoms with Gasteiger partial charge in [-0.05, 0) is 105 Å². The lowest BCUT2D eigenvalue weighted by Crippen LogP contribution is -2.49. The quantitative estimate of drug-likeness (QED) is 0.220. The van der Waals surface area contributed by atoms with E-state index in [-0.39, 0.29) is 42.4 Å². The Kier molecular flexibility index (Phi) is 11.4. The second kappa shape index (κ2) is 17.0. The van der Waals surface area contributed by atoms with E-state index in [1.165, 1.54) is 4.68 Å². The van der Waals surface area contributed by atoms with E-state index in [1.54, 1.807) is 24.4 Å². The van der Waals surface area contributed by atoms with Crippen molar-refractivity contribution in [3.05, 3.63) is 93.4 Å². The first kappa shape index (κ1) is 38.4. The Labute approximate surface area is 336 Å². The Balaban J connectivity index is 0.756. The fraction of sp³-hybridized carbons (Fsp3) is 0.442. The normalized spacial score (nSPS) is 22.2. The van der Waals surface area contributed by atoms with Gasteiger partial charge in [-0.3, -0.25) is 29.4 Å². The highest BCUT2D eigenvalue weighted by atomic mass is 35.5. The largest absolute Gasteiger partial charge is 0.490 e. The molecule has 0 spiro atoms. The van der Waals surface area contributed by atoms with Crippen LogP contribution in [-0.2, 0) is 9.59 Å². The van der Waals surface area contributed by atoms with Crippen LogP contribution < -0.4 is 30.7 Å². The van der Waals surface area contributed by atoms with Crippen LogP contribution in [0.2, 0.25) is 5.02 Å². The number of ether oxygens (including phenoxy) is 1. The minimum absolute atomic E-state index is 0.0439. The number of carbonyl (C=O) groups is 3. The number of amides is 3. The van der Waals surface area contributed by atoms with Crippen molar-refractivity contribution in [3.8, 4) is 11.8 Å². The summed E-state index contributed by atoms with van der Waals surface area (Å²) in [7, 11) is 0. The molecule has 3 saturated heterocycles. The zero-order valence-electron chi connectivity index (χ0n) is 31.9. The van der Waals surface area contributed by atoms with Gasteiger partial charge in [0.15, 0.2) is 0 Å². The van der Waals surface area contributed by atoms with Gasteiger partial charge in [-0.25, -0.2) is 4.68 Å². The Morgan fingerprint density at radius 1 is 0.860 bits per heavy atom. The van der Waals surface area contributed by atoms with Gasteiger partial charge in [0, 0.05) is 86.7 Å². The van der Waals surface area contributed by atoms with Gasteiger partial charge in [-0.2, -0.15) is 10.4 Å². The van der Waals surface area contributed by atoms with E-state index in [0.717, 1.165) is 101 Å². The van der Waals surface area contributed by atoms with Crippen LogP contribution in [0.3, 0.4) is 0 Å². The molecule has 13 nitrogen and oxygen atoms in total. The summed E-state index contributed by atoms with van der Waals surface area (Å²) in [5.41, 5.74) is 2.99. The molecule has 1 atom stereocenters. The highest BCUT2D eigenvalue weighted by Gasteiger charge is 2.31. The third-order valence-electron chi connectivity index (χ3n) is 12.0. The average Bonchev–Trinajstić information content (AvgIpc) is 3.23. The lowest BCUT2D eigenvalue weighted by atomic mass is 9.92. The Morgan fingerprint density at radius 2 is 1.58 bits per heavy atom. The fourth-order valence-corrected chi connectivity index (χ4v) is 8.90. The van der Waals surface area contributed by atoms with E-state index >= 15 is 0 Å². The van der Waals surface area contributed by atoms with Crippen LogP contribution in [0.1, 0.15) is 73.3 Å². The van der Waals surface area contributed by atoms with E-state index in [1.807, 2.05) is 30.3 Å². The van der Waals surface area contributed by atoms with Gasteiger partial charge in [-0.1, -0.05) is 11.6 Å². The third-order valence-corrected chi connectivity index (χ3v) is 12.3. The predicted molar refractivity (Wildman–Crippen MR) is 218 cm³/mol. The highest BCUT2D eigenvalue weighted by molar-refractivity contribution is 6.31. The summed E-state index contributed by atoms with van der Waals surface area (Å²) in [5, 5.41) is 20.6. The first-order chi connectivity index (χ1) is 27.7. The van der Waals surface area contributed by atoms with Crippen molar-refractivity contribution in [2.24, 2.45) is 5.92 Å². The van der Waals surface area contributed by atoms with E-state index in [9.17, 15) is 19.2 Å². The maximum atomic E-state index is 13.2. The molecular formula is C43H47ClN8O5. The number of nitrogens with one attached hydrogen (secondary N) is 2. The zero-order chi connectivity index (χ0) is 39.5. The number of nitriles is 1. The minimum atomic E-state index is -0.777. The highest BCUT2D eigenvalue weighted by Crippen LogP contribution is 2.29. The molecule has 0 unspecified atom stereocenters. The number of fused-ring (bicyclic) bond motifs is 1. The topological polar surface area (TPSA) is 153 Å². The van der Waals surface area contributed by atoms with Crippen molar-refractivity contribution in [2.75, 3.05) is 55.6 Å². The second-order valence-corrected chi connectivity index (χ2v) is 16.1. The molecule has 4 aromatic rings. The summed E-state index contributed by atoms with van der Waals surface area (Å²) in [6, 6.07) is 20.3.